The Labute approximate surface area is 117 Å². The van der Waals surface area contributed by atoms with E-state index in [0.29, 0.717) is 12.5 Å². The van der Waals surface area contributed by atoms with Crippen molar-refractivity contribution in [2.75, 3.05) is 6.61 Å². The SMILES string of the molecule is O=S(=O)(F)c1cc(Cl)ccc1OCC1CCCCC1. The van der Waals surface area contributed by atoms with Crippen LogP contribution in [0.4, 0.5) is 3.89 Å². The summed E-state index contributed by atoms with van der Waals surface area (Å²) in [7, 11) is -4.82. The highest BCUT2D eigenvalue weighted by Gasteiger charge is 2.21. The molecule has 106 valence electrons. The van der Waals surface area contributed by atoms with E-state index in [-0.39, 0.29) is 10.8 Å². The molecule has 0 aromatic heterocycles. The van der Waals surface area contributed by atoms with E-state index in [1.807, 2.05) is 0 Å². The fourth-order valence-corrected chi connectivity index (χ4v) is 3.22. The van der Waals surface area contributed by atoms with Crippen molar-refractivity contribution >= 4 is 21.8 Å². The van der Waals surface area contributed by atoms with E-state index >= 15 is 0 Å². The molecule has 1 aliphatic carbocycles. The van der Waals surface area contributed by atoms with Crippen LogP contribution in [0.5, 0.6) is 5.75 Å². The quantitative estimate of drug-likeness (QED) is 0.791. The molecule has 0 spiro atoms. The smallest absolute Gasteiger partial charge is 0.335 e. The van der Waals surface area contributed by atoms with Gasteiger partial charge in [0.15, 0.2) is 0 Å². The fraction of sp³-hybridized carbons (Fsp3) is 0.538. The Bertz CT molecular complexity index is 539. The summed E-state index contributed by atoms with van der Waals surface area (Å²) in [6.45, 7) is 0.421. The molecule has 6 heteroatoms. The lowest BCUT2D eigenvalue weighted by Crippen LogP contribution is -2.16. The molecule has 0 heterocycles. The largest absolute Gasteiger partial charge is 0.492 e. The highest BCUT2D eigenvalue weighted by atomic mass is 35.5. The Morgan fingerprint density at radius 3 is 2.58 bits per heavy atom. The zero-order valence-corrected chi connectivity index (χ0v) is 12.0. The van der Waals surface area contributed by atoms with Crippen LogP contribution in [0.1, 0.15) is 32.1 Å². The second-order valence-corrected chi connectivity index (χ2v) is 6.60. The standard InChI is InChI=1S/C13H16ClFO3S/c14-11-6-7-12(13(8-11)19(15,16)17)18-9-10-4-2-1-3-5-10/h6-8,10H,1-5,9H2. The number of hydrogen-bond acceptors (Lipinski definition) is 3. The third-order valence-electron chi connectivity index (χ3n) is 3.37. The number of hydrogen-bond donors (Lipinski definition) is 0. The number of ether oxygens (including phenoxy) is 1. The van der Waals surface area contributed by atoms with Crippen LogP contribution < -0.4 is 4.74 Å². The molecule has 0 N–H and O–H groups in total. The molecule has 0 aliphatic heterocycles. The van der Waals surface area contributed by atoms with Crippen LogP contribution in [0.3, 0.4) is 0 Å². The maximum absolute atomic E-state index is 13.2. The normalized spacial score (nSPS) is 17.4. The maximum Gasteiger partial charge on any atom is 0.335 e. The Hall–Kier alpha value is -0.810. The maximum atomic E-state index is 13.2. The van der Waals surface area contributed by atoms with Gasteiger partial charge in [0.2, 0.25) is 0 Å². The van der Waals surface area contributed by atoms with Gasteiger partial charge in [0.25, 0.3) is 0 Å². The first-order valence-corrected chi connectivity index (χ1v) is 8.10. The van der Waals surface area contributed by atoms with E-state index in [9.17, 15) is 12.3 Å². The summed E-state index contributed by atoms with van der Waals surface area (Å²) in [5.41, 5.74) is 0. The molecule has 1 fully saturated rings. The van der Waals surface area contributed by atoms with Gasteiger partial charge in [0.1, 0.15) is 10.6 Å². The third-order valence-corrected chi connectivity index (χ3v) is 4.45. The van der Waals surface area contributed by atoms with Crippen molar-refractivity contribution in [2.45, 2.75) is 37.0 Å². The molecular formula is C13H16ClFO3S. The van der Waals surface area contributed by atoms with Crippen molar-refractivity contribution in [3.05, 3.63) is 23.2 Å². The Kier molecular flexibility index (Phi) is 4.68. The van der Waals surface area contributed by atoms with Crippen molar-refractivity contribution in [1.29, 1.82) is 0 Å². The van der Waals surface area contributed by atoms with Crippen LogP contribution in [-0.2, 0) is 10.2 Å². The van der Waals surface area contributed by atoms with Gasteiger partial charge in [-0.3, -0.25) is 0 Å². The first kappa shape index (κ1) is 14.6. The van der Waals surface area contributed by atoms with Crippen molar-refractivity contribution < 1.29 is 17.0 Å². The van der Waals surface area contributed by atoms with Gasteiger partial charge in [-0.25, -0.2) is 0 Å². The van der Waals surface area contributed by atoms with Crippen molar-refractivity contribution in [1.82, 2.24) is 0 Å². The summed E-state index contributed by atoms with van der Waals surface area (Å²) in [6.07, 6.45) is 5.73. The minimum Gasteiger partial charge on any atom is -0.492 e. The molecule has 1 aromatic carbocycles. The molecule has 0 unspecified atom stereocenters. The molecular weight excluding hydrogens is 291 g/mol. The number of rotatable bonds is 4. The van der Waals surface area contributed by atoms with Crippen molar-refractivity contribution in [3.63, 3.8) is 0 Å². The zero-order chi connectivity index (χ0) is 13.9. The Morgan fingerprint density at radius 2 is 1.95 bits per heavy atom. The average molecular weight is 307 g/mol. The summed E-state index contributed by atoms with van der Waals surface area (Å²) in [5, 5.41) is 0.168. The van der Waals surface area contributed by atoms with E-state index in [1.54, 1.807) is 0 Å². The number of benzene rings is 1. The summed E-state index contributed by atoms with van der Waals surface area (Å²) >= 11 is 5.69. The van der Waals surface area contributed by atoms with Crippen molar-refractivity contribution in [3.8, 4) is 5.75 Å². The molecule has 0 saturated heterocycles. The van der Waals surface area contributed by atoms with E-state index in [4.69, 9.17) is 16.3 Å². The molecule has 3 nitrogen and oxygen atoms in total. The summed E-state index contributed by atoms with van der Waals surface area (Å²) in [6, 6.07) is 3.97. The van der Waals surface area contributed by atoms with E-state index in [2.05, 4.69) is 0 Å². The van der Waals surface area contributed by atoms with Crippen LogP contribution in [0.25, 0.3) is 0 Å². The zero-order valence-electron chi connectivity index (χ0n) is 10.4. The van der Waals surface area contributed by atoms with E-state index in [1.165, 1.54) is 31.4 Å². The lowest BCUT2D eigenvalue weighted by atomic mass is 9.90. The molecule has 0 atom stereocenters. The molecule has 0 amide bonds. The Balaban J connectivity index is 2.11. The number of halogens is 2. The van der Waals surface area contributed by atoms with Crippen LogP contribution in [0, 0.1) is 5.92 Å². The molecule has 0 radical (unpaired) electrons. The Morgan fingerprint density at radius 1 is 1.26 bits per heavy atom. The van der Waals surface area contributed by atoms with E-state index < -0.39 is 15.1 Å². The average Bonchev–Trinajstić information content (AvgIpc) is 2.37. The predicted octanol–water partition coefficient (Wildman–Crippen LogP) is 3.96. The fourth-order valence-electron chi connectivity index (χ4n) is 2.35. The highest BCUT2D eigenvalue weighted by Crippen LogP contribution is 2.30. The van der Waals surface area contributed by atoms with Gasteiger partial charge < -0.3 is 4.74 Å². The van der Waals surface area contributed by atoms with Crippen LogP contribution in [0.15, 0.2) is 23.1 Å². The van der Waals surface area contributed by atoms with Crippen LogP contribution in [0.2, 0.25) is 5.02 Å². The van der Waals surface area contributed by atoms with Gasteiger partial charge in [0.05, 0.1) is 6.61 Å². The van der Waals surface area contributed by atoms with Gasteiger partial charge in [-0.05, 0) is 37.0 Å². The molecule has 0 bridgehead atoms. The van der Waals surface area contributed by atoms with Crippen molar-refractivity contribution in [2.24, 2.45) is 5.92 Å². The minimum absolute atomic E-state index is 0.0393. The molecule has 19 heavy (non-hydrogen) atoms. The topological polar surface area (TPSA) is 43.4 Å². The molecule has 1 saturated carbocycles. The second-order valence-electron chi connectivity index (χ2n) is 4.84. The molecule has 2 rings (SSSR count). The third kappa shape index (κ3) is 4.08. The van der Waals surface area contributed by atoms with Gasteiger partial charge in [0, 0.05) is 5.02 Å². The van der Waals surface area contributed by atoms with Gasteiger partial charge in [-0.2, -0.15) is 8.42 Å². The lowest BCUT2D eigenvalue weighted by Gasteiger charge is -2.22. The van der Waals surface area contributed by atoms with Crippen LogP contribution in [-0.4, -0.2) is 15.0 Å². The first-order valence-electron chi connectivity index (χ1n) is 6.34. The summed E-state index contributed by atoms with van der Waals surface area (Å²) in [5.74, 6) is 0.456. The highest BCUT2D eigenvalue weighted by molar-refractivity contribution is 7.86. The van der Waals surface area contributed by atoms with Gasteiger partial charge in [-0.15, -0.1) is 3.89 Å². The minimum atomic E-state index is -4.82. The molecule has 1 aromatic rings. The van der Waals surface area contributed by atoms with Crippen LogP contribution >= 0.6 is 11.6 Å². The molecule has 1 aliphatic rings. The summed E-state index contributed by atoms with van der Waals surface area (Å²) in [4.78, 5) is -0.490. The predicted molar refractivity (Wildman–Crippen MR) is 71.8 cm³/mol. The first-order chi connectivity index (χ1) is 8.97. The summed E-state index contributed by atoms with van der Waals surface area (Å²) < 4.78 is 40.7. The lowest BCUT2D eigenvalue weighted by molar-refractivity contribution is 0.205. The van der Waals surface area contributed by atoms with Gasteiger partial charge >= 0.3 is 10.2 Å². The van der Waals surface area contributed by atoms with Gasteiger partial charge in [-0.1, -0.05) is 30.9 Å². The second kappa shape index (κ2) is 6.09. The monoisotopic (exact) mass is 306 g/mol. The van der Waals surface area contributed by atoms with E-state index in [0.717, 1.165) is 18.9 Å².